The molecule has 0 aliphatic carbocycles. The lowest BCUT2D eigenvalue weighted by Crippen LogP contribution is -2.62. The molecule has 0 saturated carbocycles. The Morgan fingerprint density at radius 1 is 1.38 bits per heavy atom. The first-order chi connectivity index (χ1) is 10.0. The van der Waals surface area contributed by atoms with Crippen molar-refractivity contribution in [2.75, 3.05) is 24.6 Å². The summed E-state index contributed by atoms with van der Waals surface area (Å²) in [5.74, 6) is 0.297. The van der Waals surface area contributed by atoms with E-state index in [0.29, 0.717) is 37.6 Å². The Hall–Kier alpha value is -1.82. The number of para-hydroxylation sites is 1. The average molecular weight is 294 g/mol. The Bertz CT molecular complexity index is 512. The Labute approximate surface area is 124 Å². The summed E-state index contributed by atoms with van der Waals surface area (Å²) >= 11 is 0. The van der Waals surface area contributed by atoms with E-state index < -0.39 is 10.5 Å². The maximum atomic E-state index is 11.4. The van der Waals surface area contributed by atoms with E-state index in [1.807, 2.05) is 18.7 Å². The molecule has 1 aliphatic rings. The van der Waals surface area contributed by atoms with Crippen molar-refractivity contribution in [1.82, 2.24) is 0 Å². The summed E-state index contributed by atoms with van der Waals surface area (Å²) in [6.07, 6.45) is 2.40. The van der Waals surface area contributed by atoms with Crippen LogP contribution >= 0.6 is 0 Å². The first-order valence-corrected chi connectivity index (χ1v) is 7.38. The second kappa shape index (κ2) is 6.30. The molecule has 0 bridgehead atoms. The third-order valence-electron chi connectivity index (χ3n) is 3.65. The predicted molar refractivity (Wildman–Crippen MR) is 81.0 cm³/mol. The highest BCUT2D eigenvalue weighted by Gasteiger charge is 2.43. The van der Waals surface area contributed by atoms with Crippen molar-refractivity contribution in [3.8, 4) is 5.75 Å². The van der Waals surface area contributed by atoms with E-state index in [1.165, 1.54) is 0 Å². The lowest BCUT2D eigenvalue weighted by Gasteiger charge is -2.47. The molecule has 1 fully saturated rings. The van der Waals surface area contributed by atoms with Crippen molar-refractivity contribution >= 4 is 11.4 Å². The summed E-state index contributed by atoms with van der Waals surface area (Å²) < 4.78 is 5.48. The van der Waals surface area contributed by atoms with Crippen LogP contribution in [0.5, 0.6) is 5.75 Å². The van der Waals surface area contributed by atoms with Gasteiger partial charge in [0.2, 0.25) is 0 Å². The van der Waals surface area contributed by atoms with Crippen LogP contribution in [-0.2, 0) is 0 Å². The molecule has 2 rings (SSSR count). The first kappa shape index (κ1) is 15.6. The van der Waals surface area contributed by atoms with Crippen LogP contribution in [-0.4, -0.2) is 35.3 Å². The smallest absolute Gasteiger partial charge is 0.333 e. The lowest BCUT2D eigenvalue weighted by molar-refractivity contribution is -0.385. The van der Waals surface area contributed by atoms with E-state index in [9.17, 15) is 15.2 Å². The number of nitrogens with zero attached hydrogens (tertiary/aromatic N) is 2. The zero-order valence-electron chi connectivity index (χ0n) is 12.5. The van der Waals surface area contributed by atoms with Crippen LogP contribution < -0.4 is 9.64 Å². The maximum absolute atomic E-state index is 11.4. The molecule has 0 radical (unpaired) electrons. The molecule has 1 aromatic rings. The minimum absolute atomic E-state index is 0.00972. The van der Waals surface area contributed by atoms with Gasteiger partial charge in [0.25, 0.3) is 0 Å². The number of nitro groups is 1. The highest BCUT2D eigenvalue weighted by Crippen LogP contribution is 2.41. The van der Waals surface area contributed by atoms with Crippen LogP contribution in [0.15, 0.2) is 18.2 Å². The molecule has 6 nitrogen and oxygen atoms in total. The molecule has 1 aliphatic heterocycles. The fourth-order valence-corrected chi connectivity index (χ4v) is 2.74. The summed E-state index contributed by atoms with van der Waals surface area (Å²) in [5, 5.41) is 21.6. The molecule has 21 heavy (non-hydrogen) atoms. The van der Waals surface area contributed by atoms with E-state index in [4.69, 9.17) is 4.74 Å². The lowest BCUT2D eigenvalue weighted by atomic mass is 9.88. The van der Waals surface area contributed by atoms with Gasteiger partial charge in [-0.3, -0.25) is 10.1 Å². The molecule has 0 amide bonds. The fraction of sp³-hybridized carbons (Fsp3) is 0.600. The highest BCUT2D eigenvalue weighted by atomic mass is 16.6. The Balaban J connectivity index is 2.22. The van der Waals surface area contributed by atoms with Crippen LogP contribution in [0.1, 0.15) is 33.1 Å². The summed E-state index contributed by atoms with van der Waals surface area (Å²) in [7, 11) is 0. The van der Waals surface area contributed by atoms with Gasteiger partial charge in [0.1, 0.15) is 5.69 Å². The number of anilines is 1. The van der Waals surface area contributed by atoms with Gasteiger partial charge in [-0.2, -0.15) is 0 Å². The van der Waals surface area contributed by atoms with Gasteiger partial charge in [0.15, 0.2) is 5.75 Å². The Morgan fingerprint density at radius 3 is 2.67 bits per heavy atom. The number of aliphatic hydroxyl groups is 1. The number of benzene rings is 1. The molecule has 6 heteroatoms. The average Bonchev–Trinajstić information content (AvgIpc) is 2.42. The normalized spacial score (nSPS) is 16.4. The summed E-state index contributed by atoms with van der Waals surface area (Å²) in [6.45, 7) is 5.28. The Morgan fingerprint density at radius 2 is 2.10 bits per heavy atom. The molecule has 0 spiro atoms. The van der Waals surface area contributed by atoms with E-state index in [0.717, 1.165) is 12.8 Å². The summed E-state index contributed by atoms with van der Waals surface area (Å²) in [5.41, 5.74) is -0.206. The zero-order chi connectivity index (χ0) is 15.5. The summed E-state index contributed by atoms with van der Waals surface area (Å²) in [4.78, 5) is 12.8. The van der Waals surface area contributed by atoms with Gasteiger partial charge >= 0.3 is 5.69 Å². The number of hydrogen-bond donors (Lipinski definition) is 1. The number of nitro benzene ring substituents is 1. The van der Waals surface area contributed by atoms with Gasteiger partial charge in [0, 0.05) is 13.1 Å². The highest BCUT2D eigenvalue weighted by molar-refractivity contribution is 5.71. The van der Waals surface area contributed by atoms with Gasteiger partial charge < -0.3 is 14.7 Å². The molecule has 116 valence electrons. The van der Waals surface area contributed by atoms with Gasteiger partial charge in [-0.15, -0.1) is 0 Å². The molecular formula is C15H22N2O4. The molecule has 0 aromatic heterocycles. The van der Waals surface area contributed by atoms with Crippen molar-refractivity contribution in [3.05, 3.63) is 28.3 Å². The number of rotatable bonds is 7. The van der Waals surface area contributed by atoms with Crippen molar-refractivity contribution in [2.24, 2.45) is 0 Å². The number of hydrogen-bond acceptors (Lipinski definition) is 5. The molecule has 0 unspecified atom stereocenters. The Kier molecular flexibility index (Phi) is 4.67. The van der Waals surface area contributed by atoms with E-state index in [-0.39, 0.29) is 5.69 Å². The third kappa shape index (κ3) is 3.26. The zero-order valence-corrected chi connectivity index (χ0v) is 12.5. The molecular weight excluding hydrogens is 272 g/mol. The van der Waals surface area contributed by atoms with Gasteiger partial charge in [-0.1, -0.05) is 26.3 Å². The maximum Gasteiger partial charge on any atom is 0.333 e. The predicted octanol–water partition coefficient (Wildman–Crippen LogP) is 2.73. The summed E-state index contributed by atoms with van der Waals surface area (Å²) in [6, 6.07) is 5.09. The molecule has 1 heterocycles. The second-order valence-electron chi connectivity index (χ2n) is 5.56. The quantitative estimate of drug-likeness (QED) is 0.618. The third-order valence-corrected chi connectivity index (χ3v) is 3.65. The van der Waals surface area contributed by atoms with E-state index in [1.54, 1.807) is 18.2 Å². The van der Waals surface area contributed by atoms with Gasteiger partial charge in [0.05, 0.1) is 17.1 Å². The van der Waals surface area contributed by atoms with E-state index in [2.05, 4.69) is 0 Å². The standard InChI is InChI=1S/C15H22N2O4/c1-3-8-15(18)10-16(11-15)12-6-5-7-13(21-9-4-2)14(12)17(19)20/h5-7,18H,3-4,8-11H2,1-2H3. The van der Waals surface area contributed by atoms with Crippen molar-refractivity contribution in [2.45, 2.75) is 38.7 Å². The van der Waals surface area contributed by atoms with Gasteiger partial charge in [-0.05, 0) is 25.0 Å². The topological polar surface area (TPSA) is 75.8 Å². The monoisotopic (exact) mass is 294 g/mol. The number of β-amino-alcohol motifs (C(OH)–C–C–N with tert-alkyl or cyclic N) is 1. The van der Waals surface area contributed by atoms with Crippen molar-refractivity contribution < 1.29 is 14.8 Å². The largest absolute Gasteiger partial charge is 0.487 e. The minimum Gasteiger partial charge on any atom is -0.487 e. The van der Waals surface area contributed by atoms with Crippen LogP contribution in [0.2, 0.25) is 0 Å². The van der Waals surface area contributed by atoms with Crippen LogP contribution in [0, 0.1) is 10.1 Å². The van der Waals surface area contributed by atoms with Crippen LogP contribution in [0.25, 0.3) is 0 Å². The molecule has 1 saturated heterocycles. The second-order valence-corrected chi connectivity index (χ2v) is 5.56. The van der Waals surface area contributed by atoms with Crippen molar-refractivity contribution in [1.29, 1.82) is 0 Å². The van der Waals surface area contributed by atoms with E-state index >= 15 is 0 Å². The van der Waals surface area contributed by atoms with Crippen LogP contribution in [0.4, 0.5) is 11.4 Å². The van der Waals surface area contributed by atoms with Gasteiger partial charge in [-0.25, -0.2) is 0 Å². The minimum atomic E-state index is -0.719. The molecule has 1 aromatic carbocycles. The first-order valence-electron chi connectivity index (χ1n) is 7.38. The molecule has 1 N–H and O–H groups in total. The molecule has 0 atom stereocenters. The SMILES string of the molecule is CCCOc1cccc(N2CC(O)(CCC)C2)c1[N+](=O)[O-]. The number of ether oxygens (including phenoxy) is 1. The van der Waals surface area contributed by atoms with Crippen LogP contribution in [0.3, 0.4) is 0 Å². The van der Waals surface area contributed by atoms with Crippen molar-refractivity contribution in [3.63, 3.8) is 0 Å². The fourth-order valence-electron chi connectivity index (χ4n) is 2.74.